The number of rotatable bonds is 13. The van der Waals surface area contributed by atoms with Crippen LogP contribution in [0.15, 0.2) is 66.7 Å². The lowest BCUT2D eigenvalue weighted by atomic mass is 9.73. The molecular weight excluding hydrogens is 516 g/mol. The molecule has 216 valence electrons. The van der Waals surface area contributed by atoms with Crippen LogP contribution in [-0.4, -0.2) is 56.8 Å². The van der Waals surface area contributed by atoms with E-state index in [1.165, 1.54) is 6.04 Å². The zero-order valence-electron chi connectivity index (χ0n) is 24.9. The van der Waals surface area contributed by atoms with Gasteiger partial charge in [-0.1, -0.05) is 80.3 Å². The first-order valence-electron chi connectivity index (χ1n) is 14.8. The van der Waals surface area contributed by atoms with Crippen molar-refractivity contribution in [2.24, 2.45) is 0 Å². The lowest BCUT2D eigenvalue weighted by Crippen LogP contribution is -2.55. The fraction of sp³-hybridized carbons (Fsp3) is 0.515. The van der Waals surface area contributed by atoms with Crippen LogP contribution in [0.25, 0.3) is 0 Å². The van der Waals surface area contributed by atoms with Crippen molar-refractivity contribution in [2.45, 2.75) is 89.5 Å². The number of carbonyl (C=O) groups excluding carboxylic acids is 2. The molecule has 1 fully saturated rings. The Morgan fingerprint density at radius 3 is 2.50 bits per heavy atom. The van der Waals surface area contributed by atoms with Gasteiger partial charge in [0.25, 0.3) is 0 Å². The van der Waals surface area contributed by atoms with Gasteiger partial charge < -0.3 is 19.3 Å². The smallest absolute Gasteiger partial charge is 0.225 e. The van der Waals surface area contributed by atoms with Gasteiger partial charge in [-0.15, -0.1) is 0 Å². The fourth-order valence-corrected chi connectivity index (χ4v) is 7.20. The number of hydrogen-bond donors (Lipinski definition) is 0. The Kier molecular flexibility index (Phi) is 10.0. The molecule has 40 heavy (non-hydrogen) atoms. The van der Waals surface area contributed by atoms with Crippen molar-refractivity contribution in [1.82, 2.24) is 4.90 Å². The first-order valence-corrected chi connectivity index (χ1v) is 18.5. The quantitative estimate of drug-likeness (QED) is 0.158. The van der Waals surface area contributed by atoms with Gasteiger partial charge in [0.15, 0.2) is 0 Å². The summed E-state index contributed by atoms with van der Waals surface area (Å²) in [7, 11) is -1.10. The van der Waals surface area contributed by atoms with Crippen molar-refractivity contribution in [3.63, 3.8) is 0 Å². The first kappa shape index (κ1) is 30.2. The number of anilines is 1. The van der Waals surface area contributed by atoms with E-state index >= 15 is 0 Å². The van der Waals surface area contributed by atoms with E-state index in [0.29, 0.717) is 39.2 Å². The molecule has 2 aliphatic heterocycles. The molecule has 2 heterocycles. The van der Waals surface area contributed by atoms with Crippen molar-refractivity contribution in [3.8, 4) is 0 Å². The molecule has 7 heteroatoms. The Bertz CT molecular complexity index is 1180. The molecule has 2 amide bonds. The van der Waals surface area contributed by atoms with E-state index in [1.807, 2.05) is 65.3 Å². The average molecular weight is 563 g/mol. The predicted molar refractivity (Wildman–Crippen MR) is 164 cm³/mol. The van der Waals surface area contributed by atoms with Crippen LogP contribution in [0.2, 0.25) is 25.7 Å². The van der Waals surface area contributed by atoms with E-state index in [1.54, 1.807) is 6.92 Å². The minimum atomic E-state index is -1.10. The Morgan fingerprint density at radius 2 is 1.80 bits per heavy atom. The molecule has 0 aliphatic carbocycles. The maximum Gasteiger partial charge on any atom is 0.225 e. The number of amides is 2. The molecule has 1 saturated heterocycles. The number of para-hydroxylation sites is 1. The summed E-state index contributed by atoms with van der Waals surface area (Å²) in [6, 6.07) is 19.1. The second-order valence-corrected chi connectivity index (χ2v) is 17.8. The van der Waals surface area contributed by atoms with Crippen molar-refractivity contribution in [1.29, 1.82) is 0 Å². The third-order valence-corrected chi connectivity index (χ3v) is 9.50. The molecule has 1 spiro atoms. The van der Waals surface area contributed by atoms with Crippen LogP contribution < -0.4 is 4.90 Å². The minimum Gasteiger partial charge on any atom is -0.377 e. The molecule has 0 radical (unpaired) electrons. The van der Waals surface area contributed by atoms with Gasteiger partial charge in [0.05, 0.1) is 18.1 Å². The molecule has 2 aliphatic rings. The monoisotopic (exact) mass is 562 g/mol. The number of carbonyl (C=O) groups is 2. The van der Waals surface area contributed by atoms with E-state index in [2.05, 4.69) is 37.9 Å². The minimum absolute atomic E-state index is 0.0222. The first-order chi connectivity index (χ1) is 19.2. The molecule has 0 N–H and O–H groups in total. The van der Waals surface area contributed by atoms with Crippen LogP contribution >= 0.6 is 0 Å². The standard InChI is InChI=1S/C33H46N2O4Si/c1-6-39-32-33(24-31(37)34(32)21-14-7-8-15-23-40(3,4)5)28-18-12-13-19-29(28)35(26(2)36)30(33)20-22-38-25-27-16-10-9-11-17-27/h8-13,15-19,30,32H,6-7,14,20-25H2,1-5H3/b15-8-/t30-,32?,33+/m1/s1. The van der Waals surface area contributed by atoms with Gasteiger partial charge in [-0.2, -0.15) is 0 Å². The topological polar surface area (TPSA) is 59.1 Å². The number of nitrogens with zero attached hydrogens (tertiary/aromatic N) is 2. The number of hydrogen-bond acceptors (Lipinski definition) is 4. The zero-order chi connectivity index (χ0) is 28.8. The van der Waals surface area contributed by atoms with Crippen LogP contribution in [0, 0.1) is 0 Å². The lowest BCUT2D eigenvalue weighted by molar-refractivity contribution is -0.138. The van der Waals surface area contributed by atoms with Crippen LogP contribution in [0.3, 0.4) is 0 Å². The maximum absolute atomic E-state index is 13.7. The molecule has 6 nitrogen and oxygen atoms in total. The normalized spacial score (nSPS) is 22.6. The highest BCUT2D eigenvalue weighted by Gasteiger charge is 2.63. The number of unbranched alkanes of at least 4 members (excludes halogenated alkanes) is 1. The van der Waals surface area contributed by atoms with Gasteiger partial charge in [0, 0.05) is 46.9 Å². The van der Waals surface area contributed by atoms with E-state index in [-0.39, 0.29) is 17.9 Å². The van der Waals surface area contributed by atoms with Gasteiger partial charge >= 0.3 is 0 Å². The summed E-state index contributed by atoms with van der Waals surface area (Å²) >= 11 is 0. The van der Waals surface area contributed by atoms with Crippen molar-refractivity contribution in [2.75, 3.05) is 24.7 Å². The molecule has 1 unspecified atom stereocenters. The highest BCUT2D eigenvalue weighted by molar-refractivity contribution is 6.76. The number of allylic oxidation sites excluding steroid dienone is 2. The molecule has 0 aromatic heterocycles. The summed E-state index contributed by atoms with van der Waals surface area (Å²) in [4.78, 5) is 30.7. The van der Waals surface area contributed by atoms with Crippen molar-refractivity contribution >= 4 is 25.6 Å². The van der Waals surface area contributed by atoms with Gasteiger partial charge in [-0.05, 0) is 49.4 Å². The molecule has 0 saturated carbocycles. The number of benzene rings is 2. The number of likely N-dealkylation sites (tertiary alicyclic amines) is 1. The summed E-state index contributed by atoms with van der Waals surface area (Å²) < 4.78 is 12.6. The summed E-state index contributed by atoms with van der Waals surface area (Å²) in [6.07, 6.45) is 6.91. The third-order valence-electron chi connectivity index (χ3n) is 8.04. The Balaban J connectivity index is 1.57. The lowest BCUT2D eigenvalue weighted by Gasteiger charge is -2.40. The highest BCUT2D eigenvalue weighted by atomic mass is 28.3. The zero-order valence-corrected chi connectivity index (χ0v) is 25.9. The van der Waals surface area contributed by atoms with Crippen LogP contribution in [-0.2, 0) is 31.1 Å². The van der Waals surface area contributed by atoms with E-state index < -0.39 is 19.7 Å². The summed E-state index contributed by atoms with van der Waals surface area (Å²) in [6.45, 7) is 12.8. The second-order valence-electron chi connectivity index (χ2n) is 12.2. The summed E-state index contributed by atoms with van der Waals surface area (Å²) in [5, 5.41) is 0. The highest BCUT2D eigenvalue weighted by Crippen LogP contribution is 2.55. The maximum atomic E-state index is 13.7. The summed E-state index contributed by atoms with van der Waals surface area (Å²) in [5.74, 6) is 0.0750. The van der Waals surface area contributed by atoms with Gasteiger partial charge in [0.1, 0.15) is 6.23 Å². The fourth-order valence-electron chi connectivity index (χ4n) is 6.32. The number of fused-ring (bicyclic) bond motifs is 2. The van der Waals surface area contributed by atoms with Gasteiger partial charge in [-0.3, -0.25) is 9.59 Å². The van der Waals surface area contributed by atoms with Gasteiger partial charge in [-0.25, -0.2) is 0 Å². The van der Waals surface area contributed by atoms with E-state index in [4.69, 9.17) is 9.47 Å². The second kappa shape index (κ2) is 13.3. The molecule has 2 aromatic rings. The predicted octanol–water partition coefficient (Wildman–Crippen LogP) is 6.54. The van der Waals surface area contributed by atoms with E-state index in [9.17, 15) is 9.59 Å². The molecule has 2 aromatic carbocycles. The van der Waals surface area contributed by atoms with Crippen molar-refractivity contribution in [3.05, 3.63) is 77.9 Å². The molecule has 0 bridgehead atoms. The Hall–Kier alpha value is -2.74. The number of ether oxygens (including phenoxy) is 2. The van der Waals surface area contributed by atoms with Crippen LogP contribution in [0.1, 0.15) is 50.7 Å². The molecule has 3 atom stereocenters. The van der Waals surface area contributed by atoms with Gasteiger partial charge in [0.2, 0.25) is 11.8 Å². The SMILES string of the molecule is CCOC1N(CCC/C=C\C[Si](C)(C)C)C(=O)C[C@@]12c1ccccc1N(C(C)=O)[C@@H]2CCOCc1ccccc1. The average Bonchev–Trinajstić information content (AvgIpc) is 3.35. The van der Waals surface area contributed by atoms with Crippen LogP contribution in [0.4, 0.5) is 5.69 Å². The Morgan fingerprint density at radius 1 is 1.07 bits per heavy atom. The van der Waals surface area contributed by atoms with Crippen LogP contribution in [0.5, 0.6) is 0 Å². The van der Waals surface area contributed by atoms with E-state index in [0.717, 1.165) is 29.7 Å². The summed E-state index contributed by atoms with van der Waals surface area (Å²) in [5.41, 5.74) is 2.39. The van der Waals surface area contributed by atoms with Crippen molar-refractivity contribution < 1.29 is 19.1 Å². The largest absolute Gasteiger partial charge is 0.377 e. The molecular formula is C33H46N2O4Si. The third kappa shape index (κ3) is 6.59. The molecule has 4 rings (SSSR count). The Labute approximate surface area is 241 Å².